The number of piperazine rings is 1. The summed E-state index contributed by atoms with van der Waals surface area (Å²) < 4.78 is 0. The van der Waals surface area contributed by atoms with Gasteiger partial charge in [0.25, 0.3) is 11.8 Å². The molecule has 29 heavy (non-hydrogen) atoms. The average Bonchev–Trinajstić information content (AvgIpc) is 2.94. The fraction of sp³-hybridized carbons (Fsp3) is 0.524. The van der Waals surface area contributed by atoms with E-state index in [4.69, 9.17) is 0 Å². The monoisotopic (exact) mass is 398 g/mol. The Morgan fingerprint density at radius 3 is 2.66 bits per heavy atom. The molecule has 0 aliphatic carbocycles. The molecule has 3 aliphatic heterocycles. The van der Waals surface area contributed by atoms with Crippen LogP contribution in [0.25, 0.3) is 0 Å². The normalized spacial score (nSPS) is 25.6. The summed E-state index contributed by atoms with van der Waals surface area (Å²) in [5.74, 6) is -1.40. The van der Waals surface area contributed by atoms with Crippen molar-refractivity contribution in [2.75, 3.05) is 19.6 Å². The van der Waals surface area contributed by atoms with Crippen LogP contribution in [-0.4, -0.2) is 65.1 Å². The Balaban J connectivity index is 1.63. The topological polar surface area (TPSA) is 98.8 Å². The van der Waals surface area contributed by atoms with Crippen LogP contribution in [0.5, 0.6) is 0 Å². The van der Waals surface area contributed by atoms with Gasteiger partial charge in [0.05, 0.1) is 11.1 Å². The highest BCUT2D eigenvalue weighted by Crippen LogP contribution is 2.31. The third kappa shape index (κ3) is 3.47. The van der Waals surface area contributed by atoms with E-state index in [0.717, 1.165) is 30.1 Å². The molecule has 0 radical (unpaired) electrons. The van der Waals surface area contributed by atoms with Crippen LogP contribution in [0, 0.1) is 5.92 Å². The van der Waals surface area contributed by atoms with Gasteiger partial charge >= 0.3 is 0 Å². The maximum absolute atomic E-state index is 13.2. The Kier molecular flexibility index (Phi) is 5.23. The first kappa shape index (κ1) is 19.7. The predicted molar refractivity (Wildman–Crippen MR) is 105 cm³/mol. The number of fused-ring (bicyclic) bond motifs is 1. The van der Waals surface area contributed by atoms with Crippen LogP contribution >= 0.6 is 0 Å². The van der Waals surface area contributed by atoms with Crippen molar-refractivity contribution in [1.82, 2.24) is 20.4 Å². The highest BCUT2D eigenvalue weighted by molar-refractivity contribution is 6.24. The van der Waals surface area contributed by atoms with E-state index in [-0.39, 0.29) is 18.7 Å². The van der Waals surface area contributed by atoms with Gasteiger partial charge in [-0.3, -0.25) is 34.3 Å². The summed E-state index contributed by atoms with van der Waals surface area (Å²) in [7, 11) is 0. The molecular weight excluding hydrogens is 372 g/mol. The molecule has 154 valence electrons. The number of hydrogen-bond donors (Lipinski definition) is 2. The number of piperidine rings is 1. The molecule has 0 aromatic heterocycles. The number of rotatable bonds is 4. The Hall–Kier alpha value is -2.58. The first-order valence-corrected chi connectivity index (χ1v) is 10.2. The lowest BCUT2D eigenvalue weighted by Crippen LogP contribution is -2.54. The number of hydrogen-bond acceptors (Lipinski definition) is 6. The molecule has 2 fully saturated rings. The molecule has 0 saturated carbocycles. The van der Waals surface area contributed by atoms with Crippen LogP contribution in [-0.2, 0) is 16.1 Å². The fourth-order valence-electron chi connectivity index (χ4n) is 4.56. The second-order valence-corrected chi connectivity index (χ2v) is 8.27. The third-order valence-corrected chi connectivity index (χ3v) is 6.10. The van der Waals surface area contributed by atoms with Crippen LogP contribution in [0.4, 0.5) is 0 Å². The van der Waals surface area contributed by atoms with Crippen LogP contribution in [0.3, 0.4) is 0 Å². The Morgan fingerprint density at radius 2 is 1.93 bits per heavy atom. The first-order chi connectivity index (χ1) is 13.9. The highest BCUT2D eigenvalue weighted by atomic mass is 16.2. The number of amides is 4. The largest absolute Gasteiger partial charge is 0.314 e. The third-order valence-electron chi connectivity index (χ3n) is 6.10. The summed E-state index contributed by atoms with van der Waals surface area (Å²) in [6, 6.07) is 4.73. The second kappa shape index (κ2) is 7.68. The van der Waals surface area contributed by atoms with Crippen molar-refractivity contribution in [2.24, 2.45) is 5.92 Å². The van der Waals surface area contributed by atoms with E-state index in [1.807, 2.05) is 6.07 Å². The molecule has 4 rings (SSSR count). The maximum Gasteiger partial charge on any atom is 0.262 e. The van der Waals surface area contributed by atoms with Crippen LogP contribution in [0.1, 0.15) is 53.0 Å². The van der Waals surface area contributed by atoms with Crippen molar-refractivity contribution in [1.29, 1.82) is 0 Å². The molecule has 1 aromatic carbocycles. The van der Waals surface area contributed by atoms with E-state index in [1.165, 1.54) is 0 Å². The number of nitrogens with zero attached hydrogens (tertiary/aromatic N) is 2. The molecule has 8 heteroatoms. The van der Waals surface area contributed by atoms with Gasteiger partial charge in [0.1, 0.15) is 6.04 Å². The van der Waals surface area contributed by atoms with E-state index in [2.05, 4.69) is 29.4 Å². The molecule has 1 aromatic rings. The van der Waals surface area contributed by atoms with Crippen LogP contribution in [0.2, 0.25) is 0 Å². The highest BCUT2D eigenvalue weighted by Gasteiger charge is 2.45. The van der Waals surface area contributed by atoms with Crippen molar-refractivity contribution in [3.05, 3.63) is 34.9 Å². The number of carbonyl (C=O) groups excluding carboxylic acids is 4. The van der Waals surface area contributed by atoms with Gasteiger partial charge in [-0.05, 0) is 24.0 Å². The molecule has 8 nitrogen and oxygen atoms in total. The standard InChI is InChI=1S/C21H26N4O4/c1-12(2)16-10-22-8-9-24(16)11-13-4-3-5-14-18(13)21(29)25(20(14)28)15-6-7-17(26)23-19(15)27/h3-5,12,15-16,22H,6-11H2,1-2H3,(H,23,26,27). The van der Waals surface area contributed by atoms with Gasteiger partial charge in [-0.15, -0.1) is 0 Å². The minimum atomic E-state index is -0.935. The molecule has 3 heterocycles. The van der Waals surface area contributed by atoms with E-state index in [0.29, 0.717) is 29.6 Å². The summed E-state index contributed by atoms with van der Waals surface area (Å²) in [6.45, 7) is 7.58. The van der Waals surface area contributed by atoms with Crippen molar-refractivity contribution in [2.45, 2.75) is 45.3 Å². The van der Waals surface area contributed by atoms with E-state index < -0.39 is 23.8 Å². The van der Waals surface area contributed by atoms with Gasteiger partial charge in [-0.2, -0.15) is 0 Å². The fourth-order valence-corrected chi connectivity index (χ4v) is 4.56. The molecule has 2 atom stereocenters. The maximum atomic E-state index is 13.2. The van der Waals surface area contributed by atoms with Crippen molar-refractivity contribution in [3.63, 3.8) is 0 Å². The lowest BCUT2D eigenvalue weighted by molar-refractivity contribution is -0.136. The number of carbonyl (C=O) groups is 4. The van der Waals surface area contributed by atoms with Gasteiger partial charge in [0.2, 0.25) is 11.8 Å². The molecule has 2 N–H and O–H groups in total. The van der Waals surface area contributed by atoms with Gasteiger partial charge in [0.15, 0.2) is 0 Å². The van der Waals surface area contributed by atoms with Gasteiger partial charge in [0, 0.05) is 38.6 Å². The van der Waals surface area contributed by atoms with E-state index >= 15 is 0 Å². The van der Waals surface area contributed by atoms with Gasteiger partial charge < -0.3 is 5.32 Å². The molecule has 0 bridgehead atoms. The zero-order valence-electron chi connectivity index (χ0n) is 16.7. The van der Waals surface area contributed by atoms with Crippen molar-refractivity contribution in [3.8, 4) is 0 Å². The minimum Gasteiger partial charge on any atom is -0.314 e. The van der Waals surface area contributed by atoms with Gasteiger partial charge in [-0.25, -0.2) is 0 Å². The van der Waals surface area contributed by atoms with Gasteiger partial charge in [-0.1, -0.05) is 26.0 Å². The van der Waals surface area contributed by atoms with E-state index in [9.17, 15) is 19.2 Å². The Labute approximate surface area is 169 Å². The quantitative estimate of drug-likeness (QED) is 0.718. The SMILES string of the molecule is CC(C)C1CNCCN1Cc1cccc2c1C(=O)N(C1CCC(=O)NC1=O)C2=O. The predicted octanol–water partition coefficient (Wildman–Crippen LogP) is 0.518. The molecule has 2 saturated heterocycles. The zero-order valence-corrected chi connectivity index (χ0v) is 16.7. The van der Waals surface area contributed by atoms with Crippen molar-refractivity contribution >= 4 is 23.6 Å². The average molecular weight is 398 g/mol. The lowest BCUT2D eigenvalue weighted by atomic mass is 9.97. The Bertz CT molecular complexity index is 881. The van der Waals surface area contributed by atoms with Crippen LogP contribution in [0.15, 0.2) is 18.2 Å². The number of imide groups is 2. The number of benzene rings is 1. The summed E-state index contributed by atoms with van der Waals surface area (Å²) in [6.07, 6.45) is 0.284. The summed E-state index contributed by atoms with van der Waals surface area (Å²) >= 11 is 0. The second-order valence-electron chi connectivity index (χ2n) is 8.27. The van der Waals surface area contributed by atoms with Crippen molar-refractivity contribution < 1.29 is 19.2 Å². The molecular formula is C21H26N4O4. The summed E-state index contributed by atoms with van der Waals surface area (Å²) in [5, 5.41) is 5.65. The molecule has 2 unspecified atom stereocenters. The van der Waals surface area contributed by atoms with E-state index in [1.54, 1.807) is 12.1 Å². The lowest BCUT2D eigenvalue weighted by Gasteiger charge is -2.39. The zero-order chi connectivity index (χ0) is 20.7. The summed E-state index contributed by atoms with van der Waals surface area (Å²) in [4.78, 5) is 53.3. The number of nitrogens with one attached hydrogen (secondary N) is 2. The van der Waals surface area contributed by atoms with Crippen LogP contribution < -0.4 is 10.6 Å². The molecule has 4 amide bonds. The Morgan fingerprint density at radius 1 is 1.14 bits per heavy atom. The first-order valence-electron chi connectivity index (χ1n) is 10.2. The summed E-state index contributed by atoms with van der Waals surface area (Å²) in [5.41, 5.74) is 1.54. The molecule has 3 aliphatic rings. The minimum absolute atomic E-state index is 0.119. The molecule has 0 spiro atoms. The smallest absolute Gasteiger partial charge is 0.262 e.